The maximum Gasteiger partial charge on any atom is 0.256 e. The van der Waals surface area contributed by atoms with Crippen molar-refractivity contribution in [3.63, 3.8) is 0 Å². The molecular formula is C15H17N3O5S2. The molecule has 10 heteroatoms. The van der Waals surface area contributed by atoms with Gasteiger partial charge in [-0.2, -0.15) is 0 Å². The van der Waals surface area contributed by atoms with Gasteiger partial charge < -0.3 is 16.2 Å². The number of nitrogens with one attached hydrogen (secondary N) is 1. The summed E-state index contributed by atoms with van der Waals surface area (Å²) in [7, 11) is -3.91. The highest BCUT2D eigenvalue weighted by atomic mass is 32.2. The van der Waals surface area contributed by atoms with E-state index in [9.17, 15) is 23.1 Å². The highest BCUT2D eigenvalue weighted by Gasteiger charge is 2.29. The third kappa shape index (κ3) is 4.03. The number of hydrogen-bond acceptors (Lipinski definition) is 7. The molecule has 2 heterocycles. The van der Waals surface area contributed by atoms with Crippen molar-refractivity contribution in [2.24, 2.45) is 5.73 Å². The van der Waals surface area contributed by atoms with Crippen LogP contribution in [-0.2, 0) is 14.6 Å². The average molecular weight is 383 g/mol. The number of nitrogens with two attached hydrogens (primary N) is 1. The quantitative estimate of drug-likeness (QED) is 0.706. The highest BCUT2D eigenvalue weighted by Crippen LogP contribution is 2.35. The lowest BCUT2D eigenvalue weighted by Gasteiger charge is -2.16. The van der Waals surface area contributed by atoms with E-state index >= 15 is 0 Å². The molecule has 2 aromatic heterocycles. The zero-order chi connectivity index (χ0) is 19.0. The number of aromatic nitrogens is 1. The molecule has 25 heavy (non-hydrogen) atoms. The van der Waals surface area contributed by atoms with E-state index in [-0.39, 0.29) is 19.7 Å². The predicted octanol–water partition coefficient (Wildman–Crippen LogP) is 1.09. The van der Waals surface area contributed by atoms with Gasteiger partial charge in [0.25, 0.3) is 11.8 Å². The summed E-state index contributed by atoms with van der Waals surface area (Å²) in [6.07, 6.45) is 1.36. The van der Waals surface area contributed by atoms with Gasteiger partial charge in [-0.3, -0.25) is 14.6 Å². The lowest BCUT2D eigenvalue weighted by atomic mass is 10.1. The standard InChI is InChI=1S/C15H17N3O5S2/c1-8-6-9(4-5-17-8)25(22,23)11-7-10(12(16)19)13(24-11)18-14(20)15(2,3)21/h4-7,21H,1-3H3,(H2,16,19)(H,18,20). The molecule has 0 aliphatic carbocycles. The van der Waals surface area contributed by atoms with Crippen LogP contribution in [0.1, 0.15) is 29.9 Å². The van der Waals surface area contributed by atoms with Crippen LogP contribution in [0.4, 0.5) is 5.00 Å². The Kier molecular flexibility index (Phi) is 4.98. The second-order valence-corrected chi connectivity index (χ2v) is 9.05. The van der Waals surface area contributed by atoms with Gasteiger partial charge in [0.15, 0.2) is 0 Å². The van der Waals surface area contributed by atoms with Crippen molar-refractivity contribution >= 4 is 38.0 Å². The first-order chi connectivity index (χ1) is 11.4. The van der Waals surface area contributed by atoms with Crippen molar-refractivity contribution in [3.05, 3.63) is 35.7 Å². The van der Waals surface area contributed by atoms with Crippen LogP contribution in [0.5, 0.6) is 0 Å². The molecule has 134 valence electrons. The van der Waals surface area contributed by atoms with E-state index in [0.717, 1.165) is 6.07 Å². The first-order valence-electron chi connectivity index (χ1n) is 7.08. The molecular weight excluding hydrogens is 366 g/mol. The molecule has 0 aromatic carbocycles. The molecule has 0 bridgehead atoms. The van der Waals surface area contributed by atoms with Gasteiger partial charge in [0.1, 0.15) is 14.8 Å². The summed E-state index contributed by atoms with van der Waals surface area (Å²) in [6, 6.07) is 3.84. The van der Waals surface area contributed by atoms with Crippen LogP contribution in [0, 0.1) is 6.92 Å². The summed E-state index contributed by atoms with van der Waals surface area (Å²) in [6.45, 7) is 4.17. The second kappa shape index (κ2) is 6.54. The first-order valence-corrected chi connectivity index (χ1v) is 9.38. The maximum atomic E-state index is 12.7. The molecule has 4 N–H and O–H groups in total. The minimum Gasteiger partial charge on any atom is -0.381 e. The van der Waals surface area contributed by atoms with Gasteiger partial charge in [-0.05, 0) is 39.0 Å². The largest absolute Gasteiger partial charge is 0.381 e. The Morgan fingerprint density at radius 3 is 2.48 bits per heavy atom. The molecule has 0 aliphatic heterocycles. The van der Waals surface area contributed by atoms with Crippen LogP contribution in [0.2, 0.25) is 0 Å². The van der Waals surface area contributed by atoms with Gasteiger partial charge in [0, 0.05) is 11.9 Å². The van der Waals surface area contributed by atoms with Crippen LogP contribution in [-0.4, -0.2) is 35.9 Å². The number of nitrogens with zero attached hydrogens (tertiary/aromatic N) is 1. The van der Waals surface area contributed by atoms with E-state index in [1.54, 1.807) is 6.92 Å². The van der Waals surface area contributed by atoms with Crippen molar-refractivity contribution in [3.8, 4) is 0 Å². The van der Waals surface area contributed by atoms with Crippen molar-refractivity contribution in [2.75, 3.05) is 5.32 Å². The maximum absolute atomic E-state index is 12.7. The fraction of sp³-hybridized carbons (Fsp3) is 0.267. The minimum absolute atomic E-state index is 0.0117. The summed E-state index contributed by atoms with van der Waals surface area (Å²) in [4.78, 5) is 27.5. The number of amides is 2. The van der Waals surface area contributed by atoms with Crippen molar-refractivity contribution in [1.29, 1.82) is 0 Å². The molecule has 0 atom stereocenters. The smallest absolute Gasteiger partial charge is 0.256 e. The lowest BCUT2D eigenvalue weighted by molar-refractivity contribution is -0.130. The number of aryl methyl sites for hydroxylation is 1. The van der Waals surface area contributed by atoms with Crippen molar-refractivity contribution in [2.45, 2.75) is 35.5 Å². The van der Waals surface area contributed by atoms with Gasteiger partial charge >= 0.3 is 0 Å². The summed E-state index contributed by atoms with van der Waals surface area (Å²) >= 11 is 0.688. The number of anilines is 1. The summed E-state index contributed by atoms with van der Waals surface area (Å²) in [5.41, 5.74) is 3.93. The van der Waals surface area contributed by atoms with Crippen molar-refractivity contribution < 1.29 is 23.1 Å². The minimum atomic E-state index is -3.91. The number of thiophene rings is 1. The average Bonchev–Trinajstić information content (AvgIpc) is 2.91. The molecule has 0 fully saturated rings. The van der Waals surface area contributed by atoms with Gasteiger partial charge in [0.2, 0.25) is 9.84 Å². The summed E-state index contributed by atoms with van der Waals surface area (Å²) in [5.74, 6) is -1.68. The van der Waals surface area contributed by atoms with E-state index < -0.39 is 27.3 Å². The Bertz CT molecular complexity index is 942. The fourth-order valence-electron chi connectivity index (χ4n) is 1.84. The Hall–Kier alpha value is -2.30. The number of hydrogen-bond donors (Lipinski definition) is 3. The summed E-state index contributed by atoms with van der Waals surface area (Å²) < 4.78 is 25.3. The van der Waals surface area contributed by atoms with Gasteiger partial charge in [0.05, 0.1) is 10.5 Å². The third-order valence-corrected chi connectivity index (χ3v) is 6.48. The molecule has 0 saturated heterocycles. The van der Waals surface area contributed by atoms with Crippen LogP contribution in [0.15, 0.2) is 33.5 Å². The molecule has 0 spiro atoms. The zero-order valence-electron chi connectivity index (χ0n) is 13.7. The second-order valence-electron chi connectivity index (χ2n) is 5.82. The fourth-order valence-corrected chi connectivity index (χ4v) is 4.68. The Labute approximate surface area is 148 Å². The van der Waals surface area contributed by atoms with Crippen LogP contribution >= 0.6 is 11.3 Å². The van der Waals surface area contributed by atoms with Gasteiger partial charge in [-0.1, -0.05) is 0 Å². The Morgan fingerprint density at radius 1 is 1.32 bits per heavy atom. The van der Waals surface area contributed by atoms with Gasteiger partial charge in [-0.25, -0.2) is 8.42 Å². The van der Waals surface area contributed by atoms with Gasteiger partial charge in [-0.15, -0.1) is 11.3 Å². The number of carbonyl (C=O) groups excluding carboxylic acids is 2. The topological polar surface area (TPSA) is 139 Å². The number of primary amides is 1. The molecule has 0 saturated carbocycles. The van der Waals surface area contributed by atoms with E-state index in [1.807, 2.05) is 0 Å². The number of carbonyl (C=O) groups is 2. The van der Waals surface area contributed by atoms with Crippen LogP contribution < -0.4 is 11.1 Å². The zero-order valence-corrected chi connectivity index (χ0v) is 15.4. The molecule has 2 rings (SSSR count). The van der Waals surface area contributed by atoms with E-state index in [2.05, 4.69) is 10.3 Å². The number of pyridine rings is 1. The third-order valence-electron chi connectivity index (χ3n) is 3.20. The molecule has 8 nitrogen and oxygen atoms in total. The predicted molar refractivity (Wildman–Crippen MR) is 92.2 cm³/mol. The van der Waals surface area contributed by atoms with E-state index in [4.69, 9.17) is 5.73 Å². The number of aliphatic hydroxyl groups is 1. The normalized spacial score (nSPS) is 12.0. The first kappa shape index (κ1) is 19.0. The number of sulfone groups is 1. The lowest BCUT2D eigenvalue weighted by Crippen LogP contribution is -2.36. The van der Waals surface area contributed by atoms with Crippen molar-refractivity contribution in [1.82, 2.24) is 4.98 Å². The monoisotopic (exact) mass is 383 g/mol. The van der Waals surface area contributed by atoms with Crippen LogP contribution in [0.3, 0.4) is 0 Å². The summed E-state index contributed by atoms with van der Waals surface area (Å²) in [5, 5.41) is 12.0. The SMILES string of the molecule is Cc1cc(S(=O)(=O)c2cc(C(N)=O)c(NC(=O)C(C)(C)O)s2)ccn1. The molecule has 0 unspecified atom stereocenters. The van der Waals surface area contributed by atoms with E-state index in [1.165, 1.54) is 32.2 Å². The number of rotatable bonds is 5. The molecule has 0 aliphatic rings. The molecule has 2 aromatic rings. The Balaban J connectivity index is 2.52. The van der Waals surface area contributed by atoms with Crippen LogP contribution in [0.25, 0.3) is 0 Å². The highest BCUT2D eigenvalue weighted by molar-refractivity contribution is 7.93. The molecule has 2 amide bonds. The van der Waals surface area contributed by atoms with E-state index in [0.29, 0.717) is 17.0 Å². The Morgan fingerprint density at radius 2 is 1.96 bits per heavy atom. The molecule has 0 radical (unpaired) electrons.